The lowest BCUT2D eigenvalue weighted by molar-refractivity contribution is 0.171. The number of likely N-dealkylation sites (N-methyl/N-ethyl adjacent to an activating group) is 1. The number of carbonyl (C=O) groups excluding carboxylic acids is 1. The van der Waals surface area contributed by atoms with E-state index in [9.17, 15) is 4.79 Å². The van der Waals surface area contributed by atoms with Crippen LogP contribution < -0.4 is 5.32 Å². The van der Waals surface area contributed by atoms with Crippen molar-refractivity contribution in [2.24, 2.45) is 7.05 Å². The minimum atomic E-state index is -0.0368. The van der Waals surface area contributed by atoms with E-state index >= 15 is 0 Å². The van der Waals surface area contributed by atoms with Crippen LogP contribution >= 0.6 is 0 Å². The summed E-state index contributed by atoms with van der Waals surface area (Å²) in [6.07, 6.45) is 5.37. The molecular formula is C17H26N6O2. The second-order valence-electron chi connectivity index (χ2n) is 6.77. The quantitative estimate of drug-likeness (QED) is 0.889. The Labute approximate surface area is 147 Å². The van der Waals surface area contributed by atoms with Gasteiger partial charge >= 0.3 is 6.03 Å². The fourth-order valence-corrected chi connectivity index (χ4v) is 3.35. The first kappa shape index (κ1) is 17.5. The van der Waals surface area contributed by atoms with Crippen LogP contribution in [0.2, 0.25) is 0 Å². The number of piperidine rings is 1. The van der Waals surface area contributed by atoms with Gasteiger partial charge in [0.2, 0.25) is 0 Å². The van der Waals surface area contributed by atoms with Crippen molar-refractivity contribution in [2.75, 3.05) is 33.7 Å². The fourth-order valence-electron chi connectivity index (χ4n) is 3.35. The van der Waals surface area contributed by atoms with Gasteiger partial charge in [0, 0.05) is 32.6 Å². The molecule has 1 fully saturated rings. The molecule has 2 amide bonds. The highest BCUT2D eigenvalue weighted by atomic mass is 16.3. The number of urea groups is 1. The number of nitrogens with one attached hydrogen (secondary N) is 1. The summed E-state index contributed by atoms with van der Waals surface area (Å²) in [4.78, 5) is 16.5. The Bertz CT molecular complexity index is 681. The van der Waals surface area contributed by atoms with Crippen LogP contribution in [0.5, 0.6) is 0 Å². The van der Waals surface area contributed by atoms with E-state index in [1.54, 1.807) is 12.6 Å². The standard InChI is InChI=1S/C17H26N6O2/c1-21(2)14(15-7-5-9-25-15)10-18-17(24)23-8-4-6-13(11-23)16-20-19-12-22(16)3/h5,7,9,12-14H,4,6,8,10-11H2,1-3H3,(H,18,24)/t13-,14+/m0/s1. The first-order chi connectivity index (χ1) is 12.1. The van der Waals surface area contributed by atoms with E-state index in [2.05, 4.69) is 15.5 Å². The second-order valence-corrected chi connectivity index (χ2v) is 6.77. The predicted molar refractivity (Wildman–Crippen MR) is 93.1 cm³/mol. The van der Waals surface area contributed by atoms with Gasteiger partial charge in [0.15, 0.2) is 0 Å². The summed E-state index contributed by atoms with van der Waals surface area (Å²) < 4.78 is 7.42. The number of furan rings is 1. The Balaban J connectivity index is 1.58. The van der Waals surface area contributed by atoms with E-state index < -0.39 is 0 Å². The molecule has 8 heteroatoms. The van der Waals surface area contributed by atoms with E-state index in [0.717, 1.165) is 31.0 Å². The smallest absolute Gasteiger partial charge is 0.317 e. The van der Waals surface area contributed by atoms with E-state index in [0.29, 0.717) is 13.1 Å². The lowest BCUT2D eigenvalue weighted by Crippen LogP contribution is -2.47. The van der Waals surface area contributed by atoms with Gasteiger partial charge in [-0.1, -0.05) is 0 Å². The van der Waals surface area contributed by atoms with Gasteiger partial charge in [0.1, 0.15) is 17.9 Å². The van der Waals surface area contributed by atoms with Crippen LogP contribution in [-0.4, -0.2) is 64.3 Å². The van der Waals surface area contributed by atoms with Crippen molar-refractivity contribution in [1.29, 1.82) is 0 Å². The summed E-state index contributed by atoms with van der Waals surface area (Å²) in [5.41, 5.74) is 0. The molecule has 0 aromatic carbocycles. The summed E-state index contributed by atoms with van der Waals surface area (Å²) in [5.74, 6) is 2.03. The second kappa shape index (κ2) is 7.69. The number of rotatable bonds is 5. The maximum Gasteiger partial charge on any atom is 0.317 e. The van der Waals surface area contributed by atoms with Crippen LogP contribution in [0.1, 0.15) is 36.4 Å². The van der Waals surface area contributed by atoms with E-state index in [4.69, 9.17) is 4.42 Å². The van der Waals surface area contributed by atoms with Crippen LogP contribution in [0.25, 0.3) is 0 Å². The number of likely N-dealkylation sites (tertiary alicyclic amines) is 1. The lowest BCUT2D eigenvalue weighted by atomic mass is 9.97. The van der Waals surface area contributed by atoms with Gasteiger partial charge in [-0.3, -0.25) is 4.90 Å². The number of aryl methyl sites for hydroxylation is 1. The Hall–Kier alpha value is -2.35. The van der Waals surface area contributed by atoms with Crippen molar-refractivity contribution < 1.29 is 9.21 Å². The zero-order valence-electron chi connectivity index (χ0n) is 15.1. The minimum Gasteiger partial charge on any atom is -0.468 e. The number of carbonyl (C=O) groups is 1. The first-order valence-corrected chi connectivity index (χ1v) is 8.62. The monoisotopic (exact) mass is 346 g/mol. The molecule has 2 aromatic rings. The highest BCUT2D eigenvalue weighted by Gasteiger charge is 2.28. The molecule has 3 heterocycles. The molecule has 0 spiro atoms. The zero-order valence-corrected chi connectivity index (χ0v) is 15.1. The average molecular weight is 346 g/mol. The van der Waals surface area contributed by atoms with Crippen molar-refractivity contribution in [3.8, 4) is 0 Å². The van der Waals surface area contributed by atoms with E-state index in [-0.39, 0.29) is 18.0 Å². The highest BCUT2D eigenvalue weighted by Crippen LogP contribution is 2.25. The lowest BCUT2D eigenvalue weighted by Gasteiger charge is -2.33. The van der Waals surface area contributed by atoms with Crippen molar-refractivity contribution >= 4 is 6.03 Å². The van der Waals surface area contributed by atoms with Crippen LogP contribution in [0, 0.1) is 0 Å². The molecule has 1 N–H and O–H groups in total. The predicted octanol–water partition coefficient (Wildman–Crippen LogP) is 1.60. The summed E-state index contributed by atoms with van der Waals surface area (Å²) in [7, 11) is 5.90. The van der Waals surface area contributed by atoms with E-state index in [1.165, 1.54) is 0 Å². The summed E-state index contributed by atoms with van der Waals surface area (Å²) in [6, 6.07) is 3.77. The SMILES string of the molecule is CN(C)[C@H](CNC(=O)N1CCC[C@H](c2nncn2C)C1)c1ccco1. The van der Waals surface area contributed by atoms with Crippen LogP contribution in [0.15, 0.2) is 29.1 Å². The fraction of sp³-hybridized carbons (Fsp3) is 0.588. The third kappa shape index (κ3) is 4.01. The van der Waals surface area contributed by atoms with Crippen LogP contribution in [0.3, 0.4) is 0 Å². The highest BCUT2D eigenvalue weighted by molar-refractivity contribution is 5.74. The number of hydrogen-bond acceptors (Lipinski definition) is 5. The molecule has 0 unspecified atom stereocenters. The van der Waals surface area contributed by atoms with Crippen molar-refractivity contribution in [3.63, 3.8) is 0 Å². The molecule has 25 heavy (non-hydrogen) atoms. The van der Waals surface area contributed by atoms with Gasteiger partial charge in [0.05, 0.1) is 12.3 Å². The molecule has 3 rings (SSSR count). The molecule has 2 atom stereocenters. The summed E-state index contributed by atoms with van der Waals surface area (Å²) in [5, 5.41) is 11.2. The molecule has 0 aliphatic carbocycles. The Kier molecular flexibility index (Phi) is 5.37. The molecule has 0 bridgehead atoms. The molecule has 1 aliphatic rings. The molecular weight excluding hydrogens is 320 g/mol. The molecule has 136 valence electrons. The van der Waals surface area contributed by atoms with Crippen molar-refractivity contribution in [1.82, 2.24) is 29.9 Å². The van der Waals surface area contributed by atoms with E-state index in [1.807, 2.05) is 47.6 Å². The Morgan fingerprint density at radius 1 is 1.52 bits per heavy atom. The van der Waals surface area contributed by atoms with Gasteiger partial charge in [-0.15, -0.1) is 10.2 Å². The molecule has 2 aromatic heterocycles. The number of aromatic nitrogens is 3. The topological polar surface area (TPSA) is 79.4 Å². The number of nitrogens with zero attached hydrogens (tertiary/aromatic N) is 5. The Morgan fingerprint density at radius 2 is 2.36 bits per heavy atom. The van der Waals surface area contributed by atoms with Gasteiger partial charge < -0.3 is 19.2 Å². The van der Waals surface area contributed by atoms with Crippen LogP contribution in [-0.2, 0) is 7.05 Å². The molecule has 1 saturated heterocycles. The molecule has 8 nitrogen and oxygen atoms in total. The number of hydrogen-bond donors (Lipinski definition) is 1. The van der Waals surface area contributed by atoms with Crippen molar-refractivity contribution in [2.45, 2.75) is 24.8 Å². The molecule has 1 aliphatic heterocycles. The molecule has 0 radical (unpaired) electrons. The zero-order chi connectivity index (χ0) is 17.8. The Morgan fingerprint density at radius 3 is 3.00 bits per heavy atom. The van der Waals surface area contributed by atoms with Gasteiger partial charge in [-0.25, -0.2) is 4.79 Å². The third-order valence-corrected chi connectivity index (χ3v) is 4.76. The summed E-state index contributed by atoms with van der Waals surface area (Å²) >= 11 is 0. The number of amides is 2. The third-order valence-electron chi connectivity index (χ3n) is 4.76. The first-order valence-electron chi connectivity index (χ1n) is 8.62. The normalized spacial score (nSPS) is 19.2. The van der Waals surface area contributed by atoms with Crippen molar-refractivity contribution in [3.05, 3.63) is 36.3 Å². The average Bonchev–Trinajstić information content (AvgIpc) is 3.26. The van der Waals surface area contributed by atoms with Gasteiger partial charge in [-0.05, 0) is 39.1 Å². The van der Waals surface area contributed by atoms with Gasteiger partial charge in [0.25, 0.3) is 0 Å². The van der Waals surface area contributed by atoms with Crippen LogP contribution in [0.4, 0.5) is 4.79 Å². The minimum absolute atomic E-state index is 0.0123. The molecule has 0 saturated carbocycles. The maximum atomic E-state index is 12.6. The summed E-state index contributed by atoms with van der Waals surface area (Å²) in [6.45, 7) is 1.95. The largest absolute Gasteiger partial charge is 0.468 e. The van der Waals surface area contributed by atoms with Gasteiger partial charge in [-0.2, -0.15) is 0 Å². The maximum absolute atomic E-state index is 12.6.